The van der Waals surface area contributed by atoms with Crippen LogP contribution < -0.4 is 5.90 Å². The summed E-state index contributed by atoms with van der Waals surface area (Å²) in [5, 5.41) is 0. The maximum atomic E-state index is 5.32. The number of nitrogens with two attached hydrogens (primary N) is 1. The second kappa shape index (κ2) is 4.62. The summed E-state index contributed by atoms with van der Waals surface area (Å²) in [6, 6.07) is 0. The van der Waals surface area contributed by atoms with E-state index in [-0.39, 0.29) is 0 Å². The average molecular weight is 147 g/mol. The summed E-state index contributed by atoms with van der Waals surface area (Å²) in [4.78, 5) is 4.36. The molecule has 2 N–H and O–H groups in total. The molecule has 0 atom stereocenters. The zero-order valence-corrected chi connectivity index (χ0v) is 5.91. The Hall–Kier alpha value is -0.160. The fourth-order valence-corrected chi connectivity index (χ4v) is 0.703. The molecule has 1 aliphatic heterocycles. The van der Waals surface area contributed by atoms with Gasteiger partial charge in [-0.25, -0.2) is 5.90 Å². The van der Waals surface area contributed by atoms with E-state index in [0.29, 0.717) is 19.3 Å². The predicted molar refractivity (Wildman–Crippen MR) is 35.3 cm³/mol. The van der Waals surface area contributed by atoms with Gasteiger partial charge in [0.05, 0.1) is 19.8 Å². The predicted octanol–water partition coefficient (Wildman–Crippen LogP) is -0.318. The van der Waals surface area contributed by atoms with Crippen molar-refractivity contribution >= 4 is 0 Å². The Morgan fingerprint density at radius 1 is 1.40 bits per heavy atom. The minimum atomic E-state index is 0.317. The summed E-state index contributed by atoms with van der Waals surface area (Å²) >= 11 is 0. The Labute approximate surface area is 60.2 Å². The monoisotopic (exact) mass is 147 g/mol. The zero-order valence-electron chi connectivity index (χ0n) is 5.91. The summed E-state index contributed by atoms with van der Waals surface area (Å²) in [6.07, 6.45) is 1.17. The molecule has 60 valence electrons. The van der Waals surface area contributed by atoms with Crippen LogP contribution in [0, 0.1) is 0 Å². The first-order valence-corrected chi connectivity index (χ1v) is 3.44. The number of ether oxygens (including phenoxy) is 2. The fourth-order valence-electron chi connectivity index (χ4n) is 0.703. The van der Waals surface area contributed by atoms with E-state index in [0.717, 1.165) is 19.6 Å². The highest BCUT2D eigenvalue weighted by atomic mass is 16.6. The summed E-state index contributed by atoms with van der Waals surface area (Å²) in [6.45, 7) is 2.76. The Kier molecular flexibility index (Phi) is 3.67. The van der Waals surface area contributed by atoms with Crippen molar-refractivity contribution in [2.75, 3.05) is 26.4 Å². The molecule has 1 aliphatic rings. The summed E-state index contributed by atoms with van der Waals surface area (Å²) in [5.41, 5.74) is 0. The average Bonchev–Trinajstić information content (AvgIpc) is 1.84. The molecule has 0 saturated carbocycles. The highest BCUT2D eigenvalue weighted by Gasteiger charge is 2.17. The minimum Gasteiger partial charge on any atom is -0.376 e. The molecule has 0 aliphatic carbocycles. The van der Waals surface area contributed by atoms with Crippen molar-refractivity contribution in [2.45, 2.75) is 12.5 Å². The van der Waals surface area contributed by atoms with Gasteiger partial charge in [0.1, 0.15) is 6.10 Å². The van der Waals surface area contributed by atoms with Crippen LogP contribution in [0.5, 0.6) is 0 Å². The molecule has 1 fully saturated rings. The summed E-state index contributed by atoms with van der Waals surface area (Å²) < 4.78 is 10.2. The maximum Gasteiger partial charge on any atom is 0.104 e. The van der Waals surface area contributed by atoms with E-state index in [1.54, 1.807) is 0 Å². The van der Waals surface area contributed by atoms with Crippen LogP contribution in [0.15, 0.2) is 0 Å². The second-order valence-corrected chi connectivity index (χ2v) is 2.25. The van der Waals surface area contributed by atoms with E-state index in [9.17, 15) is 0 Å². The Morgan fingerprint density at radius 3 is 2.70 bits per heavy atom. The summed E-state index contributed by atoms with van der Waals surface area (Å²) in [5.74, 6) is 4.81. The van der Waals surface area contributed by atoms with Gasteiger partial charge >= 0.3 is 0 Å². The van der Waals surface area contributed by atoms with Gasteiger partial charge in [0.2, 0.25) is 0 Å². The third-order valence-electron chi connectivity index (χ3n) is 1.37. The number of rotatable bonds is 5. The fraction of sp³-hybridized carbons (Fsp3) is 1.00. The summed E-state index contributed by atoms with van der Waals surface area (Å²) in [7, 11) is 0. The molecule has 0 aromatic heterocycles. The highest BCUT2D eigenvalue weighted by Crippen LogP contribution is 2.04. The quantitative estimate of drug-likeness (QED) is 0.428. The Morgan fingerprint density at radius 2 is 2.20 bits per heavy atom. The van der Waals surface area contributed by atoms with E-state index in [4.69, 9.17) is 15.4 Å². The molecule has 0 aromatic rings. The molecule has 4 nitrogen and oxygen atoms in total. The molecule has 0 aromatic carbocycles. The van der Waals surface area contributed by atoms with Gasteiger partial charge in [0.25, 0.3) is 0 Å². The molecular weight excluding hydrogens is 134 g/mol. The van der Waals surface area contributed by atoms with E-state index in [1.165, 1.54) is 0 Å². The van der Waals surface area contributed by atoms with Gasteiger partial charge in [-0.1, -0.05) is 0 Å². The van der Waals surface area contributed by atoms with Gasteiger partial charge in [-0.05, 0) is 6.42 Å². The molecule has 0 unspecified atom stereocenters. The van der Waals surface area contributed by atoms with E-state index < -0.39 is 0 Å². The van der Waals surface area contributed by atoms with Crippen LogP contribution >= 0.6 is 0 Å². The number of hydrogen-bond donors (Lipinski definition) is 1. The largest absolute Gasteiger partial charge is 0.376 e. The lowest BCUT2D eigenvalue weighted by Gasteiger charge is -2.25. The van der Waals surface area contributed by atoms with Crippen LogP contribution in [0.3, 0.4) is 0 Å². The molecule has 1 rings (SSSR count). The van der Waals surface area contributed by atoms with Gasteiger partial charge < -0.3 is 14.3 Å². The van der Waals surface area contributed by atoms with Crippen molar-refractivity contribution in [1.82, 2.24) is 0 Å². The zero-order chi connectivity index (χ0) is 7.23. The second-order valence-electron chi connectivity index (χ2n) is 2.25. The van der Waals surface area contributed by atoms with Crippen LogP contribution in [0.1, 0.15) is 6.42 Å². The SMILES string of the molecule is NOCCCOC1COC1. The molecule has 0 radical (unpaired) electrons. The molecule has 0 spiro atoms. The maximum absolute atomic E-state index is 5.32. The smallest absolute Gasteiger partial charge is 0.104 e. The van der Waals surface area contributed by atoms with Crippen molar-refractivity contribution < 1.29 is 14.3 Å². The highest BCUT2D eigenvalue weighted by molar-refractivity contribution is 4.63. The van der Waals surface area contributed by atoms with Gasteiger partial charge in [-0.2, -0.15) is 0 Å². The minimum absolute atomic E-state index is 0.317. The third-order valence-corrected chi connectivity index (χ3v) is 1.37. The van der Waals surface area contributed by atoms with Crippen molar-refractivity contribution in [1.29, 1.82) is 0 Å². The van der Waals surface area contributed by atoms with Crippen molar-refractivity contribution in [3.05, 3.63) is 0 Å². The van der Waals surface area contributed by atoms with E-state index >= 15 is 0 Å². The van der Waals surface area contributed by atoms with Gasteiger partial charge in [0.15, 0.2) is 0 Å². The normalized spacial score (nSPS) is 18.9. The first-order valence-electron chi connectivity index (χ1n) is 3.44. The topological polar surface area (TPSA) is 53.7 Å². The van der Waals surface area contributed by atoms with Crippen LogP contribution in [-0.2, 0) is 14.3 Å². The Bertz CT molecular complexity index is 85.1. The molecule has 10 heavy (non-hydrogen) atoms. The molecular formula is C6H13NO3. The van der Waals surface area contributed by atoms with Gasteiger partial charge in [-0.3, -0.25) is 0 Å². The van der Waals surface area contributed by atoms with Crippen LogP contribution in [-0.4, -0.2) is 32.5 Å². The van der Waals surface area contributed by atoms with E-state index in [2.05, 4.69) is 4.84 Å². The van der Waals surface area contributed by atoms with Gasteiger partial charge in [-0.15, -0.1) is 0 Å². The lowest BCUT2D eigenvalue weighted by Crippen LogP contribution is -2.36. The lowest BCUT2D eigenvalue weighted by molar-refractivity contribution is -0.131. The molecule has 1 heterocycles. The number of hydrogen-bond acceptors (Lipinski definition) is 4. The lowest BCUT2D eigenvalue weighted by atomic mass is 10.3. The molecule has 1 saturated heterocycles. The molecule has 0 bridgehead atoms. The van der Waals surface area contributed by atoms with E-state index in [1.807, 2.05) is 0 Å². The molecule has 4 heteroatoms. The van der Waals surface area contributed by atoms with Crippen molar-refractivity contribution in [2.24, 2.45) is 5.90 Å². The Balaban J connectivity index is 1.76. The van der Waals surface area contributed by atoms with Crippen LogP contribution in [0.2, 0.25) is 0 Å². The van der Waals surface area contributed by atoms with Crippen LogP contribution in [0.4, 0.5) is 0 Å². The standard InChI is InChI=1S/C6H13NO3/c7-10-3-1-2-9-6-4-8-5-6/h6H,1-5,7H2. The third kappa shape index (κ3) is 2.62. The van der Waals surface area contributed by atoms with Crippen molar-refractivity contribution in [3.63, 3.8) is 0 Å². The first-order chi connectivity index (χ1) is 4.93. The van der Waals surface area contributed by atoms with Gasteiger partial charge in [0, 0.05) is 6.61 Å². The molecule has 0 amide bonds. The van der Waals surface area contributed by atoms with Crippen molar-refractivity contribution in [3.8, 4) is 0 Å². The van der Waals surface area contributed by atoms with Crippen LogP contribution in [0.25, 0.3) is 0 Å². The first kappa shape index (κ1) is 7.94.